The van der Waals surface area contributed by atoms with E-state index < -0.39 is 0 Å². The van der Waals surface area contributed by atoms with Crippen LogP contribution in [-0.4, -0.2) is 23.9 Å². The summed E-state index contributed by atoms with van der Waals surface area (Å²) in [6.07, 6.45) is 1.60. The van der Waals surface area contributed by atoms with Gasteiger partial charge >= 0.3 is 0 Å². The van der Waals surface area contributed by atoms with Crippen LogP contribution < -0.4 is 5.32 Å². The summed E-state index contributed by atoms with van der Waals surface area (Å²) in [6.45, 7) is 4.76. The van der Waals surface area contributed by atoms with Crippen LogP contribution in [0, 0.1) is 18.7 Å². The zero-order chi connectivity index (χ0) is 18.5. The minimum absolute atomic E-state index is 0.0334. The number of piperidine rings is 1. The average Bonchev–Trinajstić information content (AvgIpc) is 2.63. The van der Waals surface area contributed by atoms with E-state index in [1.54, 1.807) is 12.1 Å². The molecule has 0 aliphatic carbocycles. The van der Waals surface area contributed by atoms with E-state index in [2.05, 4.69) is 16.3 Å². The lowest BCUT2D eigenvalue weighted by molar-refractivity contribution is -0.126. The fourth-order valence-corrected chi connectivity index (χ4v) is 3.56. The Balaban J connectivity index is 1.46. The summed E-state index contributed by atoms with van der Waals surface area (Å²) in [4.78, 5) is 14.6. The van der Waals surface area contributed by atoms with E-state index in [0.29, 0.717) is 23.7 Å². The Morgan fingerprint density at radius 1 is 1.23 bits per heavy atom. The summed E-state index contributed by atoms with van der Waals surface area (Å²) >= 11 is 5.80. The van der Waals surface area contributed by atoms with Crippen LogP contribution in [0.1, 0.15) is 29.5 Å². The predicted octanol–water partition coefficient (Wildman–Crippen LogP) is 4.32. The maximum Gasteiger partial charge on any atom is 0.223 e. The molecule has 1 N–H and O–H groups in total. The molecule has 2 aromatic carbocycles. The molecule has 1 aliphatic heterocycles. The van der Waals surface area contributed by atoms with Gasteiger partial charge in [-0.15, -0.1) is 0 Å². The van der Waals surface area contributed by atoms with Gasteiger partial charge in [-0.1, -0.05) is 47.5 Å². The molecule has 0 atom stereocenters. The first-order valence-corrected chi connectivity index (χ1v) is 9.38. The van der Waals surface area contributed by atoms with Gasteiger partial charge in [-0.25, -0.2) is 4.39 Å². The number of benzene rings is 2. The summed E-state index contributed by atoms with van der Waals surface area (Å²) < 4.78 is 13.9. The molecule has 0 radical (unpaired) electrons. The number of aryl methyl sites for hydroxylation is 1. The fourth-order valence-electron chi connectivity index (χ4n) is 3.40. The molecule has 5 heteroatoms. The number of carbonyl (C=O) groups is 1. The topological polar surface area (TPSA) is 32.3 Å². The van der Waals surface area contributed by atoms with Crippen LogP contribution in [0.15, 0.2) is 42.5 Å². The summed E-state index contributed by atoms with van der Waals surface area (Å²) in [5.41, 5.74) is 2.96. The Hall–Kier alpha value is -1.91. The number of hydrogen-bond acceptors (Lipinski definition) is 2. The molecule has 3 nitrogen and oxygen atoms in total. The van der Waals surface area contributed by atoms with Crippen molar-refractivity contribution < 1.29 is 9.18 Å². The van der Waals surface area contributed by atoms with Gasteiger partial charge < -0.3 is 5.32 Å². The Kier molecular flexibility index (Phi) is 6.28. The van der Waals surface area contributed by atoms with Gasteiger partial charge in [0.15, 0.2) is 0 Å². The lowest BCUT2D eigenvalue weighted by Crippen LogP contribution is -2.40. The van der Waals surface area contributed by atoms with E-state index in [1.165, 1.54) is 11.6 Å². The van der Waals surface area contributed by atoms with Crippen LogP contribution in [0.5, 0.6) is 0 Å². The molecule has 2 aromatic rings. The molecule has 138 valence electrons. The second kappa shape index (κ2) is 8.65. The minimum Gasteiger partial charge on any atom is -0.352 e. The number of likely N-dealkylation sites (tertiary alicyclic amines) is 1. The third-order valence-electron chi connectivity index (χ3n) is 4.92. The molecule has 1 amide bonds. The number of carbonyl (C=O) groups excluding carboxylic acids is 1. The highest BCUT2D eigenvalue weighted by Crippen LogP contribution is 2.21. The number of halogens is 2. The van der Waals surface area contributed by atoms with E-state index in [0.717, 1.165) is 31.5 Å². The van der Waals surface area contributed by atoms with Gasteiger partial charge in [-0.3, -0.25) is 9.69 Å². The normalized spacial score (nSPS) is 15.8. The molecule has 1 aliphatic rings. The molecule has 0 aromatic heterocycles. The number of nitrogens with zero attached hydrogens (tertiary/aromatic N) is 1. The summed E-state index contributed by atoms with van der Waals surface area (Å²) in [5, 5.41) is 3.46. The van der Waals surface area contributed by atoms with E-state index in [9.17, 15) is 9.18 Å². The smallest absolute Gasteiger partial charge is 0.223 e. The SMILES string of the molecule is Cc1cccc(CNC(=O)C2CCN(Cc3ccc(Cl)cc3F)CC2)c1. The van der Waals surface area contributed by atoms with Crippen molar-refractivity contribution in [3.63, 3.8) is 0 Å². The first-order valence-electron chi connectivity index (χ1n) is 9.01. The van der Waals surface area contributed by atoms with Crippen molar-refractivity contribution in [1.29, 1.82) is 0 Å². The Bertz CT molecular complexity index is 772. The first kappa shape index (κ1) is 18.9. The zero-order valence-corrected chi connectivity index (χ0v) is 15.7. The van der Waals surface area contributed by atoms with Crippen molar-refractivity contribution in [3.8, 4) is 0 Å². The highest BCUT2D eigenvalue weighted by molar-refractivity contribution is 6.30. The van der Waals surface area contributed by atoms with Crippen molar-refractivity contribution >= 4 is 17.5 Å². The standard InChI is InChI=1S/C21H24ClFN2O/c1-15-3-2-4-16(11-15)13-24-21(26)17-7-9-25(10-8-17)14-18-5-6-19(22)12-20(18)23/h2-6,11-12,17H,7-10,13-14H2,1H3,(H,24,26). The second-order valence-electron chi connectivity index (χ2n) is 6.99. The van der Waals surface area contributed by atoms with E-state index in [-0.39, 0.29) is 17.6 Å². The van der Waals surface area contributed by atoms with Crippen molar-refractivity contribution in [2.75, 3.05) is 13.1 Å². The summed E-state index contributed by atoms with van der Waals surface area (Å²) in [7, 11) is 0. The second-order valence-corrected chi connectivity index (χ2v) is 7.43. The van der Waals surface area contributed by atoms with Gasteiger partial charge in [0.25, 0.3) is 0 Å². The zero-order valence-electron chi connectivity index (χ0n) is 15.0. The van der Waals surface area contributed by atoms with Crippen molar-refractivity contribution in [1.82, 2.24) is 10.2 Å². The largest absolute Gasteiger partial charge is 0.352 e. The van der Waals surface area contributed by atoms with Crippen molar-refractivity contribution in [2.24, 2.45) is 5.92 Å². The quantitative estimate of drug-likeness (QED) is 0.845. The summed E-state index contributed by atoms with van der Waals surface area (Å²) in [6, 6.07) is 13.0. The maximum atomic E-state index is 13.9. The van der Waals surface area contributed by atoms with Gasteiger partial charge in [0.2, 0.25) is 5.91 Å². The molecule has 26 heavy (non-hydrogen) atoms. The number of nitrogens with one attached hydrogen (secondary N) is 1. The highest BCUT2D eigenvalue weighted by Gasteiger charge is 2.25. The van der Waals surface area contributed by atoms with Gasteiger partial charge in [0.05, 0.1) is 0 Å². The van der Waals surface area contributed by atoms with Gasteiger partial charge in [0, 0.05) is 29.6 Å². The lowest BCUT2D eigenvalue weighted by atomic mass is 9.95. The van der Waals surface area contributed by atoms with Crippen LogP contribution in [0.25, 0.3) is 0 Å². The van der Waals surface area contributed by atoms with Gasteiger partial charge in [0.1, 0.15) is 5.82 Å². The molecule has 1 heterocycles. The number of hydrogen-bond donors (Lipinski definition) is 1. The molecule has 1 fully saturated rings. The lowest BCUT2D eigenvalue weighted by Gasteiger charge is -2.31. The van der Waals surface area contributed by atoms with Crippen LogP contribution in [-0.2, 0) is 17.9 Å². The number of rotatable bonds is 5. The van der Waals surface area contributed by atoms with E-state index in [1.807, 2.05) is 25.1 Å². The Labute approximate surface area is 159 Å². The molecular formula is C21H24ClFN2O. The van der Waals surface area contributed by atoms with Crippen LogP contribution >= 0.6 is 11.6 Å². The van der Waals surface area contributed by atoms with Crippen LogP contribution in [0.3, 0.4) is 0 Å². The predicted molar refractivity (Wildman–Crippen MR) is 102 cm³/mol. The average molecular weight is 375 g/mol. The Morgan fingerprint density at radius 3 is 2.69 bits per heavy atom. The van der Waals surface area contributed by atoms with E-state index >= 15 is 0 Å². The van der Waals surface area contributed by atoms with Crippen LogP contribution in [0.2, 0.25) is 5.02 Å². The molecule has 3 rings (SSSR count). The first-order chi connectivity index (χ1) is 12.5. The molecule has 0 saturated carbocycles. The molecule has 0 spiro atoms. The minimum atomic E-state index is -0.268. The molecule has 0 bridgehead atoms. The fraction of sp³-hybridized carbons (Fsp3) is 0.381. The number of amides is 1. The maximum absolute atomic E-state index is 13.9. The highest BCUT2D eigenvalue weighted by atomic mass is 35.5. The van der Waals surface area contributed by atoms with Crippen molar-refractivity contribution in [2.45, 2.75) is 32.9 Å². The third-order valence-corrected chi connectivity index (χ3v) is 5.15. The molecular weight excluding hydrogens is 351 g/mol. The monoisotopic (exact) mass is 374 g/mol. The molecule has 0 unspecified atom stereocenters. The van der Waals surface area contributed by atoms with E-state index in [4.69, 9.17) is 11.6 Å². The summed E-state index contributed by atoms with van der Waals surface area (Å²) in [5.74, 6) is -0.120. The van der Waals surface area contributed by atoms with Gasteiger partial charge in [-0.2, -0.15) is 0 Å². The Morgan fingerprint density at radius 2 is 2.00 bits per heavy atom. The van der Waals surface area contributed by atoms with Crippen LogP contribution in [0.4, 0.5) is 4.39 Å². The third kappa shape index (κ3) is 5.05. The van der Waals surface area contributed by atoms with Crippen molar-refractivity contribution in [3.05, 3.63) is 70.0 Å². The molecule has 1 saturated heterocycles. The van der Waals surface area contributed by atoms with Gasteiger partial charge in [-0.05, 0) is 50.6 Å².